The molecule has 0 saturated heterocycles. The topological polar surface area (TPSA) is 224 Å². The largest absolute Gasteiger partial charge is 0.392 e. The van der Waals surface area contributed by atoms with Crippen LogP contribution in [0.25, 0.3) is 0 Å². The van der Waals surface area contributed by atoms with Crippen LogP contribution >= 0.6 is 0 Å². The number of aliphatic hydroxyl groups excluding tert-OH is 1. The van der Waals surface area contributed by atoms with Crippen molar-refractivity contribution in [1.29, 1.82) is 0 Å². The van der Waals surface area contributed by atoms with Gasteiger partial charge in [-0.1, -0.05) is 27.7 Å². The van der Waals surface area contributed by atoms with Gasteiger partial charge in [0, 0.05) is 6.54 Å². The predicted molar refractivity (Wildman–Crippen MR) is 150 cm³/mol. The minimum absolute atomic E-state index is 0.00695. The van der Waals surface area contributed by atoms with Crippen molar-refractivity contribution in [3.63, 3.8) is 0 Å². The van der Waals surface area contributed by atoms with Crippen LogP contribution in [0.5, 0.6) is 0 Å². The van der Waals surface area contributed by atoms with Crippen LogP contribution in [-0.4, -0.2) is 104 Å². The molecule has 8 N–H and O–H groups in total. The zero-order valence-electron chi connectivity index (χ0n) is 24.8. The van der Waals surface area contributed by atoms with Crippen molar-refractivity contribution in [1.82, 2.24) is 37.2 Å². The van der Waals surface area contributed by atoms with E-state index in [4.69, 9.17) is 5.11 Å². The van der Waals surface area contributed by atoms with Gasteiger partial charge < -0.3 is 42.3 Å². The van der Waals surface area contributed by atoms with Gasteiger partial charge >= 0.3 is 0 Å². The molecule has 41 heavy (non-hydrogen) atoms. The first kappa shape index (κ1) is 37.4. The highest BCUT2D eigenvalue weighted by Crippen LogP contribution is 2.06. The monoisotopic (exact) mass is 585 g/mol. The zero-order valence-corrected chi connectivity index (χ0v) is 24.8. The Hall–Kier alpha value is -3.59. The van der Waals surface area contributed by atoms with Crippen molar-refractivity contribution >= 4 is 41.2 Å². The molecule has 0 rings (SSSR count). The second-order valence-corrected chi connectivity index (χ2v) is 10.7. The summed E-state index contributed by atoms with van der Waals surface area (Å²) in [5.74, 6) is -3.63. The van der Waals surface area contributed by atoms with Crippen LogP contribution in [0.2, 0.25) is 0 Å². The van der Waals surface area contributed by atoms with Gasteiger partial charge in [-0.3, -0.25) is 33.6 Å². The zero-order chi connectivity index (χ0) is 31.5. The van der Waals surface area contributed by atoms with Crippen LogP contribution in [0, 0.1) is 11.8 Å². The standard InChI is InChI=1S/C26H47N7O8/c1-15(2)7-19(25(40)30-10-18(6)35)33-24(39)14-31-26(41)20(8-16(3)4)32-23(38)13-29-22(37)12-28-21(36)11-27-9-17(5)34/h15-17,19-20,27,34H,7-14H2,1-6H3,(H,28,36)(H,29,37)(H,30,40)(H,31,41)(H,32,38)(H,33,39). The fraction of sp³-hybridized carbons (Fsp3) is 0.731. The first-order valence-corrected chi connectivity index (χ1v) is 13.7. The molecule has 15 nitrogen and oxygen atoms in total. The van der Waals surface area contributed by atoms with Crippen LogP contribution in [0.3, 0.4) is 0 Å². The molecule has 0 radical (unpaired) electrons. The second-order valence-electron chi connectivity index (χ2n) is 10.7. The smallest absolute Gasteiger partial charge is 0.243 e. The van der Waals surface area contributed by atoms with E-state index in [1.54, 1.807) is 6.92 Å². The molecule has 0 heterocycles. The Bertz CT molecular complexity index is 908. The molecular weight excluding hydrogens is 538 g/mol. The maximum Gasteiger partial charge on any atom is 0.243 e. The molecule has 0 aliphatic heterocycles. The van der Waals surface area contributed by atoms with Crippen LogP contribution in [0.15, 0.2) is 0 Å². The number of amides is 6. The third kappa shape index (κ3) is 20.0. The maximum absolute atomic E-state index is 12.8. The van der Waals surface area contributed by atoms with Crippen LogP contribution in [-0.2, 0) is 33.6 Å². The average molecular weight is 586 g/mol. The Morgan fingerprint density at radius 1 is 0.561 bits per heavy atom. The molecule has 15 heteroatoms. The molecule has 0 spiro atoms. The molecule has 6 amide bonds. The van der Waals surface area contributed by atoms with Crippen molar-refractivity contribution < 1.29 is 38.7 Å². The lowest BCUT2D eigenvalue weighted by molar-refractivity contribution is -0.132. The van der Waals surface area contributed by atoms with E-state index in [2.05, 4.69) is 37.2 Å². The van der Waals surface area contributed by atoms with Gasteiger partial charge in [0.15, 0.2) is 0 Å². The fourth-order valence-electron chi connectivity index (χ4n) is 3.40. The minimum atomic E-state index is -0.989. The van der Waals surface area contributed by atoms with Gasteiger partial charge in [0.2, 0.25) is 35.4 Å². The molecule has 0 fully saturated rings. The van der Waals surface area contributed by atoms with Crippen molar-refractivity contribution in [3.8, 4) is 0 Å². The normalized spacial score (nSPS) is 13.0. The van der Waals surface area contributed by atoms with Crippen molar-refractivity contribution in [2.24, 2.45) is 11.8 Å². The number of nitrogens with one attached hydrogen (secondary N) is 7. The first-order valence-electron chi connectivity index (χ1n) is 13.7. The molecule has 0 aliphatic carbocycles. The van der Waals surface area contributed by atoms with E-state index in [0.717, 1.165) is 0 Å². The first-order chi connectivity index (χ1) is 19.1. The van der Waals surface area contributed by atoms with E-state index in [-0.39, 0.29) is 50.2 Å². The van der Waals surface area contributed by atoms with E-state index in [1.807, 2.05) is 27.7 Å². The van der Waals surface area contributed by atoms with E-state index in [1.165, 1.54) is 6.92 Å². The summed E-state index contributed by atoms with van der Waals surface area (Å²) in [4.78, 5) is 84.8. The number of carbonyl (C=O) groups excluding carboxylic acids is 7. The number of Topliss-reactive ketones (excluding diaryl/α,β-unsaturated/α-hetero) is 1. The number of ketones is 1. The Labute approximate surface area is 241 Å². The molecule has 234 valence electrons. The van der Waals surface area contributed by atoms with Crippen LogP contribution in [0.1, 0.15) is 54.4 Å². The lowest BCUT2D eigenvalue weighted by atomic mass is 10.0. The SMILES string of the molecule is CC(=O)CNC(=O)C(CC(C)C)NC(=O)CNC(=O)C(CC(C)C)NC(=O)CNC(=O)CNC(=O)CNCC(C)O. The van der Waals surface area contributed by atoms with Gasteiger partial charge in [-0.05, 0) is 38.5 Å². The molecule has 0 aromatic carbocycles. The molecular formula is C26H47N7O8. The second kappa shape index (κ2) is 20.3. The van der Waals surface area contributed by atoms with Gasteiger partial charge in [-0.2, -0.15) is 0 Å². The number of hydrogen-bond acceptors (Lipinski definition) is 9. The van der Waals surface area contributed by atoms with E-state index >= 15 is 0 Å². The molecule has 0 aromatic rings. The molecule has 3 atom stereocenters. The lowest BCUT2D eigenvalue weighted by Crippen LogP contribution is -2.54. The van der Waals surface area contributed by atoms with E-state index in [0.29, 0.717) is 6.42 Å². The summed E-state index contributed by atoms with van der Waals surface area (Å²) in [5.41, 5.74) is 0. The van der Waals surface area contributed by atoms with Gasteiger partial charge in [0.05, 0.1) is 38.8 Å². The number of aliphatic hydroxyl groups is 1. The van der Waals surface area contributed by atoms with Crippen LogP contribution in [0.4, 0.5) is 0 Å². The Kier molecular flexibility index (Phi) is 18.5. The highest BCUT2D eigenvalue weighted by atomic mass is 16.3. The van der Waals surface area contributed by atoms with Gasteiger partial charge in [0.25, 0.3) is 0 Å². The summed E-state index contributed by atoms with van der Waals surface area (Å²) in [5, 5.41) is 26.6. The molecule has 3 unspecified atom stereocenters. The summed E-state index contributed by atoms with van der Waals surface area (Å²) in [6.07, 6.45) is -0.0420. The highest BCUT2D eigenvalue weighted by molar-refractivity contribution is 5.94. The van der Waals surface area contributed by atoms with Crippen LogP contribution < -0.4 is 37.2 Å². The van der Waals surface area contributed by atoms with Gasteiger partial charge in [-0.25, -0.2) is 0 Å². The Morgan fingerprint density at radius 3 is 1.37 bits per heavy atom. The third-order valence-corrected chi connectivity index (χ3v) is 5.27. The van der Waals surface area contributed by atoms with Gasteiger partial charge in [0.1, 0.15) is 17.9 Å². The molecule has 0 bridgehead atoms. The van der Waals surface area contributed by atoms with Crippen molar-refractivity contribution in [2.45, 2.75) is 72.6 Å². The van der Waals surface area contributed by atoms with E-state index in [9.17, 15) is 33.6 Å². The Morgan fingerprint density at radius 2 is 0.951 bits per heavy atom. The number of rotatable bonds is 20. The summed E-state index contributed by atoms with van der Waals surface area (Å²) >= 11 is 0. The molecule has 0 aliphatic rings. The number of carbonyl (C=O) groups is 7. The lowest BCUT2D eigenvalue weighted by Gasteiger charge is -2.22. The summed E-state index contributed by atoms with van der Waals surface area (Å²) < 4.78 is 0. The predicted octanol–water partition coefficient (Wildman–Crippen LogP) is -2.93. The quantitative estimate of drug-likeness (QED) is 0.0731. The van der Waals surface area contributed by atoms with Crippen molar-refractivity contribution in [3.05, 3.63) is 0 Å². The fourth-order valence-corrected chi connectivity index (χ4v) is 3.40. The van der Waals surface area contributed by atoms with E-state index < -0.39 is 66.7 Å². The summed E-state index contributed by atoms with van der Waals surface area (Å²) in [6, 6.07) is -1.88. The minimum Gasteiger partial charge on any atom is -0.392 e. The summed E-state index contributed by atoms with van der Waals surface area (Å²) in [7, 11) is 0. The number of hydrogen-bond donors (Lipinski definition) is 8. The maximum atomic E-state index is 12.8. The highest BCUT2D eigenvalue weighted by Gasteiger charge is 2.25. The molecule has 0 aromatic heterocycles. The third-order valence-electron chi connectivity index (χ3n) is 5.27. The van der Waals surface area contributed by atoms with Gasteiger partial charge in [-0.15, -0.1) is 0 Å². The molecule has 0 saturated carbocycles. The average Bonchev–Trinajstić information content (AvgIpc) is 2.86. The van der Waals surface area contributed by atoms with Crippen molar-refractivity contribution in [2.75, 3.05) is 39.3 Å². The Balaban J connectivity index is 4.79. The summed E-state index contributed by atoms with van der Waals surface area (Å²) in [6.45, 7) is 9.03.